The third kappa shape index (κ3) is 2.63. The summed E-state index contributed by atoms with van der Waals surface area (Å²) < 4.78 is 1.46. The second kappa shape index (κ2) is 6.67. The number of hydrogen-bond donors (Lipinski definition) is 2. The minimum atomic E-state index is -0.471. The Morgan fingerprint density at radius 1 is 1.18 bits per heavy atom. The lowest BCUT2D eigenvalue weighted by Gasteiger charge is -2.30. The number of aliphatic imine (C=N–C) groups is 1. The van der Waals surface area contributed by atoms with Gasteiger partial charge in [0.2, 0.25) is 5.96 Å². The van der Waals surface area contributed by atoms with E-state index in [2.05, 4.69) is 4.99 Å². The van der Waals surface area contributed by atoms with Crippen molar-refractivity contribution in [3.8, 4) is 11.9 Å². The van der Waals surface area contributed by atoms with Crippen molar-refractivity contribution >= 4 is 22.6 Å². The van der Waals surface area contributed by atoms with Gasteiger partial charge in [-0.3, -0.25) is 10.2 Å². The molecule has 1 aliphatic heterocycles. The highest BCUT2D eigenvalue weighted by molar-refractivity contribution is 6.12. The first kappa shape index (κ1) is 17.5. The van der Waals surface area contributed by atoms with E-state index >= 15 is 0 Å². The molecule has 0 aliphatic carbocycles. The topological polar surface area (TPSA) is 105 Å². The van der Waals surface area contributed by atoms with Crippen molar-refractivity contribution in [2.24, 2.45) is 12.0 Å². The van der Waals surface area contributed by atoms with Gasteiger partial charge in [0, 0.05) is 18.9 Å². The molecule has 2 heterocycles. The van der Waals surface area contributed by atoms with Crippen LogP contribution in [0, 0.1) is 16.9 Å². The number of guanidine groups is 1. The second-order valence-corrected chi connectivity index (χ2v) is 6.59. The molecule has 3 aromatic rings. The van der Waals surface area contributed by atoms with Gasteiger partial charge in [-0.25, -0.2) is 9.89 Å². The van der Waals surface area contributed by atoms with Crippen LogP contribution in [-0.2, 0) is 7.05 Å². The van der Waals surface area contributed by atoms with E-state index in [-0.39, 0.29) is 29.3 Å². The quantitative estimate of drug-likeness (QED) is 0.676. The molecule has 0 spiro atoms. The lowest BCUT2D eigenvalue weighted by molar-refractivity contribution is 0.420. The van der Waals surface area contributed by atoms with Crippen LogP contribution in [0.4, 0.5) is 0 Å². The maximum Gasteiger partial charge on any atom is 0.263 e. The molecule has 0 unspecified atom stereocenters. The van der Waals surface area contributed by atoms with E-state index in [0.717, 1.165) is 5.56 Å². The molecule has 138 valence electrons. The molecule has 2 N–H and O–H groups in total. The fourth-order valence-electron chi connectivity index (χ4n) is 3.61. The number of aromatic hydroxyl groups is 1. The highest BCUT2D eigenvalue weighted by Crippen LogP contribution is 2.33. The van der Waals surface area contributed by atoms with E-state index in [0.29, 0.717) is 16.6 Å². The van der Waals surface area contributed by atoms with E-state index in [9.17, 15) is 15.2 Å². The highest BCUT2D eigenvalue weighted by Gasteiger charge is 2.32. The number of aromatic nitrogens is 1. The maximum atomic E-state index is 13.0. The van der Waals surface area contributed by atoms with Crippen LogP contribution in [0.5, 0.6) is 5.75 Å². The molecular weight excluding hydrogens is 354 g/mol. The normalized spacial score (nSPS) is 16.7. The molecule has 1 aromatic heterocycles. The van der Waals surface area contributed by atoms with Gasteiger partial charge in [0.05, 0.1) is 17.3 Å². The van der Waals surface area contributed by atoms with Crippen molar-refractivity contribution in [2.75, 3.05) is 0 Å². The van der Waals surface area contributed by atoms with Gasteiger partial charge in [-0.15, -0.1) is 0 Å². The molecule has 7 heteroatoms. The van der Waals surface area contributed by atoms with Crippen LogP contribution < -0.4 is 5.56 Å². The minimum Gasteiger partial charge on any atom is -0.506 e. The van der Waals surface area contributed by atoms with Crippen LogP contribution in [0.25, 0.3) is 10.9 Å². The Morgan fingerprint density at radius 2 is 1.86 bits per heavy atom. The molecule has 4 rings (SSSR count). The Hall–Kier alpha value is -3.92. The van der Waals surface area contributed by atoms with Gasteiger partial charge in [-0.1, -0.05) is 42.5 Å². The number of para-hydroxylation sites is 1. The molecule has 1 atom stereocenters. The van der Waals surface area contributed by atoms with Crippen molar-refractivity contribution < 1.29 is 5.11 Å². The first-order valence-corrected chi connectivity index (χ1v) is 8.74. The van der Waals surface area contributed by atoms with Crippen molar-refractivity contribution in [3.05, 3.63) is 76.1 Å². The van der Waals surface area contributed by atoms with Crippen LogP contribution in [0.3, 0.4) is 0 Å². The van der Waals surface area contributed by atoms with E-state index < -0.39 is 6.04 Å². The molecule has 0 amide bonds. The average Bonchev–Trinajstić information content (AvgIpc) is 2.72. The van der Waals surface area contributed by atoms with E-state index in [1.165, 1.54) is 9.47 Å². The molecule has 0 bridgehead atoms. The molecule has 2 aromatic carbocycles. The van der Waals surface area contributed by atoms with Gasteiger partial charge in [0.25, 0.3) is 5.56 Å². The molecule has 1 aliphatic rings. The van der Waals surface area contributed by atoms with Crippen LogP contribution in [-0.4, -0.2) is 26.2 Å². The van der Waals surface area contributed by atoms with Crippen molar-refractivity contribution in [1.29, 1.82) is 10.7 Å². The summed E-state index contributed by atoms with van der Waals surface area (Å²) in [7, 11) is 1.64. The zero-order valence-electron chi connectivity index (χ0n) is 15.1. The summed E-state index contributed by atoms with van der Waals surface area (Å²) in [6, 6.07) is 15.9. The average molecular weight is 371 g/mol. The van der Waals surface area contributed by atoms with Crippen molar-refractivity contribution in [2.45, 2.75) is 12.5 Å². The Morgan fingerprint density at radius 3 is 2.57 bits per heavy atom. The van der Waals surface area contributed by atoms with Gasteiger partial charge in [-0.2, -0.15) is 5.26 Å². The molecular formula is C21H17N5O2. The van der Waals surface area contributed by atoms with E-state index in [1.807, 2.05) is 36.5 Å². The van der Waals surface area contributed by atoms with Gasteiger partial charge in [-0.05, 0) is 17.7 Å². The predicted molar refractivity (Wildman–Crippen MR) is 106 cm³/mol. The monoisotopic (exact) mass is 371 g/mol. The van der Waals surface area contributed by atoms with Gasteiger partial charge in [0.15, 0.2) is 6.19 Å². The zero-order valence-corrected chi connectivity index (χ0v) is 15.1. The van der Waals surface area contributed by atoms with E-state index in [4.69, 9.17) is 5.41 Å². The zero-order chi connectivity index (χ0) is 19.8. The SMILES string of the molecule is Cn1c(=O)c(C2=NC(=N)N(C#N)[C@H](c3ccccc3)C2)c(O)c2ccccc21. The Labute approximate surface area is 160 Å². The molecule has 7 nitrogen and oxygen atoms in total. The highest BCUT2D eigenvalue weighted by atomic mass is 16.3. The number of fused-ring (bicyclic) bond motifs is 1. The summed E-state index contributed by atoms with van der Waals surface area (Å²) in [6.45, 7) is 0. The number of nitrogens with one attached hydrogen (secondary N) is 1. The standard InChI is InChI=1S/C21H17N5O2/c1-25-16-10-6-5-9-14(16)19(27)18(20(25)28)15-11-17(13-7-3-2-4-8-13)26(12-22)21(23)24-15/h2-10,17,23,27H,11H2,1H3/t17-/m0/s1. The Kier molecular flexibility index (Phi) is 4.17. The number of hydrogen-bond acceptors (Lipinski definition) is 4. The van der Waals surface area contributed by atoms with Gasteiger partial charge in [0.1, 0.15) is 11.3 Å². The third-order valence-electron chi connectivity index (χ3n) is 5.02. The fourth-order valence-corrected chi connectivity index (χ4v) is 3.61. The smallest absolute Gasteiger partial charge is 0.263 e. The third-order valence-corrected chi connectivity index (χ3v) is 5.02. The van der Waals surface area contributed by atoms with Gasteiger partial charge < -0.3 is 9.67 Å². The summed E-state index contributed by atoms with van der Waals surface area (Å²) in [4.78, 5) is 18.4. The summed E-state index contributed by atoms with van der Waals surface area (Å²) >= 11 is 0. The van der Waals surface area contributed by atoms with Crippen LogP contribution in [0.1, 0.15) is 23.6 Å². The molecule has 28 heavy (non-hydrogen) atoms. The fraction of sp³-hybridized carbons (Fsp3) is 0.143. The maximum absolute atomic E-state index is 13.0. The molecule has 0 fully saturated rings. The number of rotatable bonds is 2. The predicted octanol–water partition coefficient (Wildman–Crippen LogP) is 2.90. The molecule has 0 saturated heterocycles. The van der Waals surface area contributed by atoms with Gasteiger partial charge >= 0.3 is 0 Å². The van der Waals surface area contributed by atoms with Crippen LogP contribution in [0.2, 0.25) is 0 Å². The lowest BCUT2D eigenvalue weighted by atomic mass is 9.94. The van der Waals surface area contributed by atoms with Crippen LogP contribution >= 0.6 is 0 Å². The number of pyridine rings is 1. The second-order valence-electron chi connectivity index (χ2n) is 6.59. The molecule has 0 radical (unpaired) electrons. The largest absolute Gasteiger partial charge is 0.506 e. The number of nitrogens with zero attached hydrogens (tertiary/aromatic N) is 4. The van der Waals surface area contributed by atoms with Crippen molar-refractivity contribution in [1.82, 2.24) is 9.47 Å². The first-order valence-electron chi connectivity index (χ1n) is 8.74. The lowest BCUT2D eigenvalue weighted by Crippen LogP contribution is -2.37. The summed E-state index contributed by atoms with van der Waals surface area (Å²) in [5.41, 5.74) is 1.43. The Balaban J connectivity index is 1.92. The summed E-state index contributed by atoms with van der Waals surface area (Å²) in [6.07, 6.45) is 2.22. The van der Waals surface area contributed by atoms with Crippen LogP contribution in [0.15, 0.2) is 64.4 Å². The number of aryl methyl sites for hydroxylation is 1. The molecule has 0 saturated carbocycles. The summed E-state index contributed by atoms with van der Waals surface area (Å²) in [5.74, 6) is -0.408. The number of nitriles is 1. The van der Waals surface area contributed by atoms with E-state index in [1.54, 1.807) is 31.3 Å². The first-order chi connectivity index (χ1) is 13.5. The minimum absolute atomic E-state index is 0.0736. The summed E-state index contributed by atoms with van der Waals surface area (Å²) in [5, 5.41) is 29.0. The Bertz CT molecular complexity index is 1220. The van der Waals surface area contributed by atoms with Crippen molar-refractivity contribution in [3.63, 3.8) is 0 Å². The number of benzene rings is 2.